The predicted octanol–water partition coefficient (Wildman–Crippen LogP) is 4.35. The van der Waals surface area contributed by atoms with Crippen LogP contribution in [-0.2, 0) is 9.53 Å². The fourth-order valence-electron chi connectivity index (χ4n) is 1.42. The predicted molar refractivity (Wildman–Crippen MR) is 70.9 cm³/mol. The summed E-state index contributed by atoms with van der Waals surface area (Å²) in [6.07, 6.45) is 2.03. The van der Waals surface area contributed by atoms with Crippen molar-refractivity contribution in [2.24, 2.45) is 0 Å². The fraction of sp³-hybridized carbons (Fsp3) is 0.583. The smallest absolute Gasteiger partial charge is 0.166 e. The molecule has 16 heavy (non-hydrogen) atoms. The molecule has 1 unspecified atom stereocenters. The number of ether oxygens (including phenoxy) is 1. The fourth-order valence-corrected chi connectivity index (χ4v) is 2.91. The van der Waals surface area contributed by atoms with E-state index in [1.807, 2.05) is 26.0 Å². The van der Waals surface area contributed by atoms with Crippen LogP contribution in [0.25, 0.3) is 0 Å². The van der Waals surface area contributed by atoms with Gasteiger partial charge in [0.1, 0.15) is 6.10 Å². The molecule has 4 heteroatoms. The van der Waals surface area contributed by atoms with Gasteiger partial charge in [-0.2, -0.15) is 0 Å². The van der Waals surface area contributed by atoms with Crippen LogP contribution in [0.4, 0.5) is 0 Å². The lowest BCUT2D eigenvalue weighted by molar-refractivity contribution is -0.130. The Balaban J connectivity index is 2.74. The summed E-state index contributed by atoms with van der Waals surface area (Å²) in [5.41, 5.74) is 0. The molecule has 2 nitrogen and oxygen atoms in total. The average Bonchev–Trinajstić information content (AvgIpc) is 2.66. The number of carbonyl (C=O) groups excluding carboxylic acids is 1. The molecule has 0 spiro atoms. The molecule has 0 aliphatic carbocycles. The molecule has 1 aromatic heterocycles. The number of ketones is 1. The van der Waals surface area contributed by atoms with Gasteiger partial charge in [-0.15, -0.1) is 11.3 Å². The molecule has 0 saturated heterocycles. The third-order valence-corrected chi connectivity index (χ3v) is 3.80. The first kappa shape index (κ1) is 13.9. The molecule has 0 fully saturated rings. The first-order valence-electron chi connectivity index (χ1n) is 5.58. The van der Waals surface area contributed by atoms with Gasteiger partial charge < -0.3 is 4.74 Å². The van der Waals surface area contributed by atoms with Crippen LogP contribution in [0.1, 0.15) is 44.1 Å². The number of halogens is 1. The average molecular weight is 305 g/mol. The summed E-state index contributed by atoms with van der Waals surface area (Å²) in [4.78, 5) is 12.9. The third-order valence-electron chi connectivity index (χ3n) is 2.13. The van der Waals surface area contributed by atoms with Gasteiger partial charge in [-0.05, 0) is 40.9 Å². The lowest BCUT2D eigenvalue weighted by Crippen LogP contribution is -2.15. The molecule has 90 valence electrons. The quantitative estimate of drug-likeness (QED) is 0.748. The number of carbonyl (C=O) groups is 1. The van der Waals surface area contributed by atoms with Crippen molar-refractivity contribution < 1.29 is 9.53 Å². The van der Waals surface area contributed by atoms with Gasteiger partial charge in [0.2, 0.25) is 0 Å². The molecule has 0 aliphatic heterocycles. The van der Waals surface area contributed by atoms with Gasteiger partial charge in [-0.25, -0.2) is 0 Å². The highest BCUT2D eigenvalue weighted by atomic mass is 79.9. The molecule has 0 aliphatic rings. The Morgan fingerprint density at radius 3 is 2.69 bits per heavy atom. The Morgan fingerprint density at radius 1 is 1.44 bits per heavy atom. The summed E-state index contributed by atoms with van der Waals surface area (Å²) in [6, 6.07) is 3.92. The first-order valence-corrected chi connectivity index (χ1v) is 7.19. The van der Waals surface area contributed by atoms with Crippen LogP contribution in [-0.4, -0.2) is 12.4 Å². The normalized spacial score (nSPS) is 12.7. The van der Waals surface area contributed by atoms with E-state index in [0.29, 0.717) is 13.0 Å². The Kier molecular flexibility index (Phi) is 6.24. The lowest BCUT2D eigenvalue weighted by atomic mass is 10.1. The molecule has 1 atom stereocenters. The molecule has 1 rings (SSSR count). The van der Waals surface area contributed by atoms with Crippen LogP contribution in [0.2, 0.25) is 0 Å². The molecular weight excluding hydrogens is 288 g/mol. The summed E-state index contributed by atoms with van der Waals surface area (Å²) >= 11 is 4.98. The minimum Gasteiger partial charge on any atom is -0.365 e. The molecule has 0 N–H and O–H groups in total. The summed E-state index contributed by atoms with van der Waals surface area (Å²) in [5, 5.41) is 0. The first-order chi connectivity index (χ1) is 7.69. The van der Waals surface area contributed by atoms with E-state index < -0.39 is 0 Å². The van der Waals surface area contributed by atoms with Crippen molar-refractivity contribution in [1.82, 2.24) is 0 Å². The van der Waals surface area contributed by atoms with Crippen molar-refractivity contribution in [2.45, 2.75) is 39.2 Å². The van der Waals surface area contributed by atoms with Gasteiger partial charge >= 0.3 is 0 Å². The van der Waals surface area contributed by atoms with E-state index in [0.717, 1.165) is 21.5 Å². The topological polar surface area (TPSA) is 26.3 Å². The number of rotatable bonds is 7. The van der Waals surface area contributed by atoms with Crippen molar-refractivity contribution in [3.8, 4) is 0 Å². The summed E-state index contributed by atoms with van der Waals surface area (Å²) in [6.45, 7) is 4.69. The second-order valence-corrected chi connectivity index (χ2v) is 6.10. The van der Waals surface area contributed by atoms with E-state index in [-0.39, 0.29) is 11.9 Å². The Morgan fingerprint density at radius 2 is 2.19 bits per heavy atom. The second kappa shape index (κ2) is 7.20. The number of thiophene rings is 1. The Bertz CT molecular complexity index is 336. The highest BCUT2D eigenvalue weighted by Gasteiger charge is 2.21. The van der Waals surface area contributed by atoms with Crippen LogP contribution in [0, 0.1) is 0 Å². The minimum atomic E-state index is -0.365. The van der Waals surface area contributed by atoms with Crippen molar-refractivity contribution in [3.63, 3.8) is 0 Å². The van der Waals surface area contributed by atoms with Crippen LogP contribution in [0.15, 0.2) is 15.9 Å². The largest absolute Gasteiger partial charge is 0.365 e. The summed E-state index contributed by atoms with van der Waals surface area (Å²) in [5.74, 6) is 0.185. The van der Waals surface area contributed by atoms with Crippen LogP contribution < -0.4 is 0 Å². The summed E-state index contributed by atoms with van der Waals surface area (Å²) < 4.78 is 6.68. The zero-order valence-corrected chi connectivity index (χ0v) is 12.1. The standard InChI is InChI=1S/C12H17BrO2S/c1-3-5-9(14)12(15-8-4-2)10-6-7-11(13)16-10/h6-7,12H,3-5,8H2,1-2H3. The highest BCUT2D eigenvalue weighted by Crippen LogP contribution is 2.30. The molecular formula is C12H17BrO2S. The summed E-state index contributed by atoms with van der Waals surface area (Å²) in [7, 11) is 0. The maximum absolute atomic E-state index is 11.9. The molecule has 0 aromatic carbocycles. The number of hydrogen-bond acceptors (Lipinski definition) is 3. The molecule has 1 heterocycles. The van der Waals surface area contributed by atoms with Gasteiger partial charge in [0, 0.05) is 17.9 Å². The molecule has 0 bridgehead atoms. The maximum atomic E-state index is 11.9. The van der Waals surface area contributed by atoms with E-state index in [1.165, 1.54) is 0 Å². The van der Waals surface area contributed by atoms with E-state index in [1.54, 1.807) is 11.3 Å². The zero-order valence-electron chi connectivity index (χ0n) is 9.66. The number of hydrogen-bond donors (Lipinski definition) is 0. The maximum Gasteiger partial charge on any atom is 0.166 e. The van der Waals surface area contributed by atoms with Crippen LogP contribution in [0.3, 0.4) is 0 Å². The zero-order chi connectivity index (χ0) is 12.0. The van der Waals surface area contributed by atoms with Gasteiger partial charge in [-0.3, -0.25) is 4.79 Å². The van der Waals surface area contributed by atoms with Crippen molar-refractivity contribution in [2.75, 3.05) is 6.61 Å². The van der Waals surface area contributed by atoms with Crippen LogP contribution in [0.5, 0.6) is 0 Å². The van der Waals surface area contributed by atoms with E-state index >= 15 is 0 Å². The van der Waals surface area contributed by atoms with Gasteiger partial charge in [0.05, 0.1) is 3.79 Å². The number of Topliss-reactive ketones (excluding diaryl/α,β-unsaturated/α-hetero) is 1. The Labute approximate surface area is 109 Å². The van der Waals surface area contributed by atoms with Gasteiger partial charge in [0.25, 0.3) is 0 Å². The van der Waals surface area contributed by atoms with Gasteiger partial charge in [-0.1, -0.05) is 13.8 Å². The monoisotopic (exact) mass is 304 g/mol. The van der Waals surface area contributed by atoms with E-state index in [2.05, 4.69) is 15.9 Å². The minimum absolute atomic E-state index is 0.185. The van der Waals surface area contributed by atoms with Crippen molar-refractivity contribution >= 4 is 33.0 Å². The Hall–Kier alpha value is -0.190. The molecule has 0 saturated carbocycles. The van der Waals surface area contributed by atoms with E-state index in [4.69, 9.17) is 4.74 Å². The van der Waals surface area contributed by atoms with Gasteiger partial charge in [0.15, 0.2) is 5.78 Å². The third kappa shape index (κ3) is 4.00. The second-order valence-electron chi connectivity index (χ2n) is 3.61. The van der Waals surface area contributed by atoms with Crippen molar-refractivity contribution in [1.29, 1.82) is 0 Å². The molecule has 0 radical (unpaired) electrons. The lowest BCUT2D eigenvalue weighted by Gasteiger charge is -2.14. The van der Waals surface area contributed by atoms with E-state index in [9.17, 15) is 4.79 Å². The van der Waals surface area contributed by atoms with Crippen molar-refractivity contribution in [3.05, 3.63) is 20.8 Å². The highest BCUT2D eigenvalue weighted by molar-refractivity contribution is 9.11. The SMILES string of the molecule is CCCOC(C(=O)CCC)c1ccc(Br)s1. The molecule has 1 aromatic rings. The molecule has 0 amide bonds. The van der Waals surface area contributed by atoms with Crippen LogP contribution >= 0.6 is 27.3 Å².